The van der Waals surface area contributed by atoms with Gasteiger partial charge in [0.25, 0.3) is 0 Å². The minimum absolute atomic E-state index is 0.0780. The van der Waals surface area contributed by atoms with E-state index in [9.17, 15) is 49.4 Å². The lowest BCUT2D eigenvalue weighted by atomic mass is 9.86. The van der Waals surface area contributed by atoms with Crippen LogP contribution in [0, 0.1) is 0 Å². The average molecular weight is 541 g/mol. The number of carbonyl (C=O) groups excluding carboxylic acids is 1. The molecule has 0 saturated carbocycles. The van der Waals surface area contributed by atoms with Crippen LogP contribution >= 0.6 is 0 Å². The highest BCUT2D eigenvalue weighted by Gasteiger charge is 2.40. The van der Waals surface area contributed by atoms with Crippen LogP contribution in [0.1, 0.15) is 54.2 Å². The van der Waals surface area contributed by atoms with Gasteiger partial charge in [0.15, 0.2) is 0 Å². The van der Waals surface area contributed by atoms with Gasteiger partial charge in [0, 0.05) is 5.56 Å². The molecule has 4 nitrogen and oxygen atoms in total. The van der Waals surface area contributed by atoms with Crippen LogP contribution in [-0.2, 0) is 23.3 Å². The standard InChI is InChI=1S/C24H20F9NO3/c1-3-16-11-18(20(35)12-7-14(23(28,29)30)9-15(8-12)24(31,32)33)17-10-13(22(25,26)27)5-6-19(17)34(16)21(36)37-4-2/h5-11,16,20,35H,3-4H2,1-2H3/t16-,20?/m1/s1. The van der Waals surface area contributed by atoms with Crippen molar-refractivity contribution in [3.05, 3.63) is 70.3 Å². The number of halogens is 9. The molecule has 2 aromatic rings. The van der Waals surface area contributed by atoms with Crippen molar-refractivity contribution in [2.24, 2.45) is 0 Å². The zero-order valence-electron chi connectivity index (χ0n) is 19.2. The molecule has 13 heteroatoms. The van der Waals surface area contributed by atoms with E-state index in [1.165, 1.54) is 6.92 Å². The Hall–Kier alpha value is -3.22. The summed E-state index contributed by atoms with van der Waals surface area (Å²) in [5.74, 6) is 0. The molecule has 0 fully saturated rings. The normalized spacial score (nSPS) is 17.2. The highest BCUT2D eigenvalue weighted by molar-refractivity contribution is 5.97. The van der Waals surface area contributed by atoms with Gasteiger partial charge in [0.2, 0.25) is 0 Å². The monoisotopic (exact) mass is 541 g/mol. The van der Waals surface area contributed by atoms with Gasteiger partial charge in [-0.05, 0) is 60.9 Å². The highest BCUT2D eigenvalue weighted by Crippen LogP contribution is 2.46. The summed E-state index contributed by atoms with van der Waals surface area (Å²) in [6.45, 7) is 3.00. The molecule has 2 aromatic carbocycles. The molecule has 202 valence electrons. The van der Waals surface area contributed by atoms with E-state index in [0.717, 1.165) is 17.0 Å². The van der Waals surface area contributed by atoms with E-state index in [0.29, 0.717) is 24.3 Å². The number of rotatable bonds is 4. The SMILES string of the molecule is CCOC(=O)N1c2ccc(C(F)(F)F)cc2C(C(O)c2cc(C(F)(F)F)cc(C(F)(F)F)c2)=C[C@H]1CC. The molecular formula is C24H20F9NO3. The van der Waals surface area contributed by atoms with Crippen molar-refractivity contribution < 1.29 is 54.2 Å². The average Bonchev–Trinajstić information content (AvgIpc) is 2.80. The first kappa shape index (κ1) is 28.4. The molecule has 0 bridgehead atoms. The van der Waals surface area contributed by atoms with E-state index in [1.54, 1.807) is 6.92 Å². The molecule has 0 aromatic heterocycles. The molecule has 0 saturated heterocycles. The Bertz CT molecular complexity index is 1170. The molecule has 2 atom stereocenters. The summed E-state index contributed by atoms with van der Waals surface area (Å²) in [6.07, 6.45) is -17.1. The fraction of sp³-hybridized carbons (Fsp3) is 0.375. The van der Waals surface area contributed by atoms with E-state index in [2.05, 4.69) is 0 Å². The quantitative estimate of drug-likeness (QED) is 0.406. The number of hydrogen-bond donors (Lipinski definition) is 1. The van der Waals surface area contributed by atoms with Crippen LogP contribution in [0.5, 0.6) is 0 Å². The third-order valence-electron chi connectivity index (χ3n) is 5.70. The summed E-state index contributed by atoms with van der Waals surface area (Å²) < 4.78 is 125. The topological polar surface area (TPSA) is 49.8 Å². The van der Waals surface area contributed by atoms with Crippen LogP contribution in [0.2, 0.25) is 0 Å². The highest BCUT2D eigenvalue weighted by atomic mass is 19.4. The van der Waals surface area contributed by atoms with E-state index in [-0.39, 0.29) is 30.4 Å². The number of aliphatic hydroxyl groups excluding tert-OH is 1. The van der Waals surface area contributed by atoms with Gasteiger partial charge in [0.1, 0.15) is 6.10 Å². The minimum atomic E-state index is -5.20. The summed E-state index contributed by atoms with van der Waals surface area (Å²) in [5.41, 5.74) is -6.38. The molecule has 1 aliphatic heterocycles. The summed E-state index contributed by atoms with van der Waals surface area (Å²) in [6, 6.07) is 1.71. The van der Waals surface area contributed by atoms with Crippen molar-refractivity contribution in [1.29, 1.82) is 0 Å². The lowest BCUT2D eigenvalue weighted by Gasteiger charge is -2.36. The van der Waals surface area contributed by atoms with Gasteiger partial charge in [-0.25, -0.2) is 4.79 Å². The van der Waals surface area contributed by atoms with Crippen LogP contribution in [0.4, 0.5) is 50.0 Å². The van der Waals surface area contributed by atoms with Crippen molar-refractivity contribution in [3.63, 3.8) is 0 Å². The summed E-state index contributed by atoms with van der Waals surface area (Å²) in [4.78, 5) is 13.6. The number of aliphatic hydroxyl groups is 1. The Balaban J connectivity index is 2.26. The van der Waals surface area contributed by atoms with Crippen molar-refractivity contribution in [3.8, 4) is 0 Å². The molecule has 0 aliphatic carbocycles. The Morgan fingerprint density at radius 2 is 1.43 bits per heavy atom. The van der Waals surface area contributed by atoms with Crippen molar-refractivity contribution >= 4 is 17.4 Å². The van der Waals surface area contributed by atoms with Crippen LogP contribution in [-0.4, -0.2) is 23.8 Å². The van der Waals surface area contributed by atoms with Gasteiger partial charge in [-0.1, -0.05) is 13.0 Å². The number of amides is 1. The number of carbonyl (C=O) groups is 1. The van der Waals surface area contributed by atoms with E-state index >= 15 is 0 Å². The number of anilines is 1. The Labute approximate surface area is 204 Å². The van der Waals surface area contributed by atoms with Crippen LogP contribution in [0.15, 0.2) is 42.5 Å². The van der Waals surface area contributed by atoms with Gasteiger partial charge < -0.3 is 9.84 Å². The van der Waals surface area contributed by atoms with E-state index < -0.39 is 64.6 Å². The third kappa shape index (κ3) is 5.86. The van der Waals surface area contributed by atoms with Crippen molar-refractivity contribution in [2.75, 3.05) is 11.5 Å². The molecule has 1 heterocycles. The number of alkyl halides is 9. The number of nitrogens with zero attached hydrogens (tertiary/aromatic N) is 1. The Morgan fingerprint density at radius 1 is 0.892 bits per heavy atom. The fourth-order valence-corrected chi connectivity index (χ4v) is 3.99. The number of ether oxygens (including phenoxy) is 1. The molecule has 0 radical (unpaired) electrons. The predicted octanol–water partition coefficient (Wildman–Crippen LogP) is 7.62. The number of hydrogen-bond acceptors (Lipinski definition) is 3. The molecule has 1 amide bonds. The summed E-state index contributed by atoms with van der Waals surface area (Å²) in [7, 11) is 0. The van der Waals surface area contributed by atoms with Gasteiger partial charge >= 0.3 is 24.6 Å². The second kappa shape index (κ2) is 9.92. The molecule has 1 N–H and O–H groups in total. The molecule has 1 unspecified atom stereocenters. The van der Waals surface area contributed by atoms with Gasteiger partial charge in [-0.15, -0.1) is 0 Å². The van der Waals surface area contributed by atoms with E-state index in [1.807, 2.05) is 0 Å². The first-order valence-electron chi connectivity index (χ1n) is 10.9. The molecule has 3 rings (SSSR count). The fourth-order valence-electron chi connectivity index (χ4n) is 3.99. The van der Waals surface area contributed by atoms with Crippen molar-refractivity contribution in [1.82, 2.24) is 0 Å². The molecular weight excluding hydrogens is 521 g/mol. The second-order valence-corrected chi connectivity index (χ2v) is 8.14. The Kier molecular flexibility index (Phi) is 7.60. The summed E-state index contributed by atoms with van der Waals surface area (Å²) in [5, 5.41) is 11.0. The predicted molar refractivity (Wildman–Crippen MR) is 114 cm³/mol. The third-order valence-corrected chi connectivity index (χ3v) is 5.70. The van der Waals surface area contributed by atoms with Crippen LogP contribution < -0.4 is 4.90 Å². The maximum absolute atomic E-state index is 13.5. The maximum atomic E-state index is 13.5. The largest absolute Gasteiger partial charge is 0.449 e. The number of benzene rings is 2. The zero-order valence-corrected chi connectivity index (χ0v) is 19.2. The molecule has 37 heavy (non-hydrogen) atoms. The summed E-state index contributed by atoms with van der Waals surface area (Å²) >= 11 is 0. The number of fused-ring (bicyclic) bond motifs is 1. The van der Waals surface area contributed by atoms with Crippen LogP contribution in [0.3, 0.4) is 0 Å². The minimum Gasteiger partial charge on any atom is -0.449 e. The zero-order chi connectivity index (χ0) is 27.9. The first-order chi connectivity index (χ1) is 17.0. The maximum Gasteiger partial charge on any atom is 0.416 e. The van der Waals surface area contributed by atoms with Crippen molar-refractivity contribution in [2.45, 2.75) is 50.9 Å². The molecule has 0 spiro atoms. The lowest BCUT2D eigenvalue weighted by molar-refractivity contribution is -0.143. The van der Waals surface area contributed by atoms with Gasteiger partial charge in [-0.2, -0.15) is 39.5 Å². The van der Waals surface area contributed by atoms with Gasteiger partial charge in [-0.3, -0.25) is 4.90 Å². The first-order valence-corrected chi connectivity index (χ1v) is 10.9. The second-order valence-electron chi connectivity index (χ2n) is 8.14. The van der Waals surface area contributed by atoms with Crippen LogP contribution in [0.25, 0.3) is 5.57 Å². The lowest BCUT2D eigenvalue weighted by Crippen LogP contribution is -2.42. The van der Waals surface area contributed by atoms with E-state index in [4.69, 9.17) is 4.74 Å². The Morgan fingerprint density at radius 3 is 1.89 bits per heavy atom. The van der Waals surface area contributed by atoms with Gasteiger partial charge in [0.05, 0.1) is 35.0 Å². The molecule has 1 aliphatic rings. The smallest absolute Gasteiger partial charge is 0.416 e.